The summed E-state index contributed by atoms with van der Waals surface area (Å²) in [6.45, 7) is 6.99. The number of hydrogen-bond acceptors (Lipinski definition) is 5. The normalized spacial score (nSPS) is 12.2. The van der Waals surface area contributed by atoms with Gasteiger partial charge in [-0.15, -0.1) is 5.10 Å². The first-order valence-electron chi connectivity index (χ1n) is 12.4. The summed E-state index contributed by atoms with van der Waals surface area (Å²) < 4.78 is 15.3. The molecule has 0 aliphatic heterocycles. The number of carbonyl (C=O) groups excluding carboxylic acids is 3. The summed E-state index contributed by atoms with van der Waals surface area (Å²) in [5.41, 5.74) is 2.06. The number of benzene rings is 3. The maximum Gasteiger partial charge on any atom is 0.249 e. The molecule has 4 aromatic rings. The number of Topliss-reactive ketones (excluding diaryl/α,β-unsaturated/α-hetero) is 1. The minimum atomic E-state index is -1.12. The number of aromatic nitrogens is 3. The predicted octanol–water partition coefficient (Wildman–Crippen LogP) is 4.85. The van der Waals surface area contributed by atoms with Gasteiger partial charge in [-0.25, -0.2) is 9.07 Å². The summed E-state index contributed by atoms with van der Waals surface area (Å²) in [5.74, 6) is -1.44. The fourth-order valence-corrected chi connectivity index (χ4v) is 4.09. The molecule has 0 aliphatic rings. The highest BCUT2D eigenvalue weighted by molar-refractivity contribution is 6.02. The highest BCUT2D eigenvalue weighted by Gasteiger charge is 2.35. The van der Waals surface area contributed by atoms with Gasteiger partial charge in [0.2, 0.25) is 11.8 Å². The van der Waals surface area contributed by atoms with Crippen molar-refractivity contribution in [2.45, 2.75) is 52.2 Å². The summed E-state index contributed by atoms with van der Waals surface area (Å²) in [6.07, 6.45) is 0.654. The average Bonchev–Trinajstić information content (AvgIpc) is 3.30. The third-order valence-corrected chi connectivity index (χ3v) is 6.56. The van der Waals surface area contributed by atoms with E-state index in [1.165, 1.54) is 40.8 Å². The monoisotopic (exact) mass is 515 g/mol. The molecule has 38 heavy (non-hydrogen) atoms. The van der Waals surface area contributed by atoms with Crippen LogP contribution in [0.4, 0.5) is 10.1 Å². The van der Waals surface area contributed by atoms with Crippen LogP contribution in [0.2, 0.25) is 0 Å². The van der Waals surface area contributed by atoms with Crippen molar-refractivity contribution in [2.24, 2.45) is 0 Å². The number of ketones is 1. The van der Waals surface area contributed by atoms with Crippen LogP contribution < -0.4 is 10.2 Å². The van der Waals surface area contributed by atoms with E-state index in [1.54, 1.807) is 30.3 Å². The minimum absolute atomic E-state index is 0.124. The molecule has 0 spiro atoms. The van der Waals surface area contributed by atoms with Gasteiger partial charge in [-0.1, -0.05) is 36.4 Å². The zero-order valence-electron chi connectivity index (χ0n) is 21.8. The molecule has 0 bridgehead atoms. The van der Waals surface area contributed by atoms with Gasteiger partial charge >= 0.3 is 0 Å². The molecule has 2 amide bonds. The Morgan fingerprint density at radius 3 is 2.29 bits per heavy atom. The first-order valence-corrected chi connectivity index (χ1v) is 12.4. The highest BCUT2D eigenvalue weighted by Crippen LogP contribution is 2.30. The third kappa shape index (κ3) is 5.77. The van der Waals surface area contributed by atoms with Crippen molar-refractivity contribution >= 4 is 34.3 Å². The summed E-state index contributed by atoms with van der Waals surface area (Å²) in [4.78, 5) is 41.1. The number of carbonyl (C=O) groups is 3. The van der Waals surface area contributed by atoms with Crippen molar-refractivity contribution in [3.8, 4) is 0 Å². The van der Waals surface area contributed by atoms with Gasteiger partial charge in [0.25, 0.3) is 0 Å². The number of para-hydroxylation sites is 1. The molecule has 0 aliphatic carbocycles. The molecule has 8 nitrogen and oxygen atoms in total. The maximum atomic E-state index is 14.0. The molecule has 1 N–H and O–H groups in total. The topological polar surface area (TPSA) is 97.2 Å². The van der Waals surface area contributed by atoms with Crippen LogP contribution in [-0.2, 0) is 16.1 Å². The average molecular weight is 516 g/mol. The Hall–Kier alpha value is -4.40. The maximum absolute atomic E-state index is 14.0. The van der Waals surface area contributed by atoms with E-state index in [4.69, 9.17) is 0 Å². The fourth-order valence-electron chi connectivity index (χ4n) is 4.09. The van der Waals surface area contributed by atoms with Crippen LogP contribution >= 0.6 is 0 Å². The van der Waals surface area contributed by atoms with Crippen molar-refractivity contribution in [1.29, 1.82) is 0 Å². The van der Waals surface area contributed by atoms with E-state index < -0.39 is 29.2 Å². The molecule has 4 rings (SSSR count). The molecule has 0 radical (unpaired) electrons. The van der Waals surface area contributed by atoms with E-state index in [1.807, 2.05) is 39.0 Å². The number of nitrogens with zero attached hydrogens (tertiary/aromatic N) is 4. The quantitative estimate of drug-likeness (QED) is 0.321. The molecule has 9 heteroatoms. The Morgan fingerprint density at radius 1 is 1.00 bits per heavy atom. The van der Waals surface area contributed by atoms with Crippen molar-refractivity contribution in [3.63, 3.8) is 0 Å². The van der Waals surface area contributed by atoms with Gasteiger partial charge in [0, 0.05) is 16.8 Å². The van der Waals surface area contributed by atoms with Gasteiger partial charge in [0.1, 0.15) is 23.9 Å². The van der Waals surface area contributed by atoms with Crippen LogP contribution in [0.1, 0.15) is 56.1 Å². The van der Waals surface area contributed by atoms with Crippen molar-refractivity contribution in [3.05, 3.63) is 89.7 Å². The van der Waals surface area contributed by atoms with Crippen molar-refractivity contribution in [1.82, 2.24) is 20.3 Å². The van der Waals surface area contributed by atoms with Gasteiger partial charge in [-0.2, -0.15) is 0 Å². The molecule has 1 atom stereocenters. The Kier molecular flexibility index (Phi) is 7.66. The number of amides is 2. The fraction of sp³-hybridized carbons (Fsp3) is 0.276. The molecular weight excluding hydrogens is 485 g/mol. The van der Waals surface area contributed by atoms with Gasteiger partial charge in [0.15, 0.2) is 5.78 Å². The standard InChI is InChI=1S/C29H30FN5O3/c1-5-29(3,4)31-28(38)27(21-10-14-22(30)15-11-21)35(23-16-12-20(13-17-23)19(2)36)26(37)18-34-25-9-7-6-8-24(25)32-33-34/h6-17,27H,5,18H2,1-4H3,(H,31,38)/t27-/m1/s1. The van der Waals surface area contributed by atoms with Crippen LogP contribution in [0.15, 0.2) is 72.8 Å². The van der Waals surface area contributed by atoms with Gasteiger partial charge < -0.3 is 5.32 Å². The second kappa shape index (κ2) is 10.9. The lowest BCUT2D eigenvalue weighted by Crippen LogP contribution is -2.51. The van der Waals surface area contributed by atoms with Gasteiger partial charge in [-0.05, 0) is 81.3 Å². The van der Waals surface area contributed by atoms with Gasteiger partial charge in [0.05, 0.1) is 5.52 Å². The van der Waals surface area contributed by atoms with E-state index >= 15 is 0 Å². The number of hydrogen-bond donors (Lipinski definition) is 1. The molecule has 0 saturated heterocycles. The Labute approximate surface area is 220 Å². The lowest BCUT2D eigenvalue weighted by Gasteiger charge is -2.34. The first-order chi connectivity index (χ1) is 18.1. The molecule has 0 saturated carbocycles. The second-order valence-electron chi connectivity index (χ2n) is 9.78. The molecule has 1 heterocycles. The Morgan fingerprint density at radius 2 is 1.66 bits per heavy atom. The van der Waals surface area contributed by atoms with Gasteiger partial charge in [-0.3, -0.25) is 19.3 Å². The molecule has 1 aromatic heterocycles. The lowest BCUT2D eigenvalue weighted by atomic mass is 9.98. The second-order valence-corrected chi connectivity index (χ2v) is 9.78. The van der Waals surface area contributed by atoms with Crippen LogP contribution in [0, 0.1) is 5.82 Å². The predicted molar refractivity (Wildman–Crippen MR) is 143 cm³/mol. The summed E-state index contributed by atoms with van der Waals surface area (Å²) >= 11 is 0. The number of nitrogens with one attached hydrogen (secondary N) is 1. The number of halogens is 1. The number of fused-ring (bicyclic) bond motifs is 1. The number of rotatable bonds is 9. The number of anilines is 1. The smallest absolute Gasteiger partial charge is 0.249 e. The van der Waals surface area contributed by atoms with E-state index in [9.17, 15) is 18.8 Å². The van der Waals surface area contributed by atoms with E-state index in [2.05, 4.69) is 15.6 Å². The zero-order valence-corrected chi connectivity index (χ0v) is 21.8. The molecule has 3 aromatic carbocycles. The molecule has 0 unspecified atom stereocenters. The van der Waals surface area contributed by atoms with E-state index in [0.29, 0.717) is 34.3 Å². The van der Waals surface area contributed by atoms with Crippen LogP contribution in [0.5, 0.6) is 0 Å². The van der Waals surface area contributed by atoms with Crippen LogP contribution in [-0.4, -0.2) is 38.1 Å². The molecular formula is C29H30FN5O3. The SMILES string of the molecule is CCC(C)(C)NC(=O)[C@@H](c1ccc(F)cc1)N(C(=O)Cn1nnc2ccccc21)c1ccc(C(C)=O)cc1. The third-order valence-electron chi connectivity index (χ3n) is 6.56. The highest BCUT2D eigenvalue weighted by atomic mass is 19.1. The minimum Gasteiger partial charge on any atom is -0.349 e. The summed E-state index contributed by atoms with van der Waals surface area (Å²) in [6, 6.07) is 18.1. The van der Waals surface area contributed by atoms with E-state index in [-0.39, 0.29) is 12.3 Å². The van der Waals surface area contributed by atoms with Crippen molar-refractivity contribution in [2.75, 3.05) is 4.90 Å². The van der Waals surface area contributed by atoms with Crippen molar-refractivity contribution < 1.29 is 18.8 Å². The van der Waals surface area contributed by atoms with Crippen LogP contribution in [0.25, 0.3) is 11.0 Å². The first kappa shape index (κ1) is 26.7. The zero-order chi connectivity index (χ0) is 27.4. The van der Waals surface area contributed by atoms with Crippen LogP contribution in [0.3, 0.4) is 0 Å². The molecule has 0 fully saturated rings. The summed E-state index contributed by atoms with van der Waals surface area (Å²) in [7, 11) is 0. The Bertz CT molecular complexity index is 1460. The lowest BCUT2D eigenvalue weighted by molar-refractivity contribution is -0.128. The summed E-state index contributed by atoms with van der Waals surface area (Å²) in [5, 5.41) is 11.3. The van der Waals surface area contributed by atoms with E-state index in [0.717, 1.165) is 0 Å². The molecule has 196 valence electrons. The largest absolute Gasteiger partial charge is 0.349 e. The Balaban J connectivity index is 1.83.